The fourth-order valence-electron chi connectivity index (χ4n) is 4.68. The van der Waals surface area contributed by atoms with Crippen LogP contribution in [0.3, 0.4) is 0 Å². The lowest BCUT2D eigenvalue weighted by Crippen LogP contribution is -2.30. The quantitative estimate of drug-likeness (QED) is 0.0281. The number of carbonyl (C=O) groups excluding carboxylic acids is 3. The number of hydrogen-bond donors (Lipinski definition) is 0. The highest BCUT2D eigenvalue weighted by atomic mass is 16.6. The van der Waals surface area contributed by atoms with Gasteiger partial charge in [-0.05, 0) is 96.3 Å². The van der Waals surface area contributed by atoms with Gasteiger partial charge >= 0.3 is 17.9 Å². The SMILES string of the molecule is CC/C=C\C/C=C\C/C=C\C/C=C\C/C=C\CCCC(=O)OCC(COC(=O)C/C=C\C/C=C\C/C=C\CC)OC(=O)CCC/C=C\C/C=C\C/C=C\CC. The molecule has 0 aromatic rings. The molecular weight excluding hydrogens is 685 g/mol. The number of carbonyl (C=O) groups is 3. The van der Waals surface area contributed by atoms with Crippen molar-refractivity contribution in [2.24, 2.45) is 0 Å². The molecule has 0 spiro atoms. The second kappa shape index (κ2) is 42.3. The van der Waals surface area contributed by atoms with Crippen molar-refractivity contribution in [3.05, 3.63) is 134 Å². The van der Waals surface area contributed by atoms with Crippen LogP contribution in [0.15, 0.2) is 134 Å². The zero-order valence-corrected chi connectivity index (χ0v) is 34.4. The Morgan fingerprint density at radius 3 is 1.07 bits per heavy atom. The lowest BCUT2D eigenvalue weighted by molar-refractivity contribution is -0.166. The Morgan fingerprint density at radius 2 is 0.691 bits per heavy atom. The first-order chi connectivity index (χ1) is 27.0. The predicted molar refractivity (Wildman–Crippen MR) is 232 cm³/mol. The summed E-state index contributed by atoms with van der Waals surface area (Å²) in [4.78, 5) is 37.4. The molecule has 0 saturated heterocycles. The molecule has 0 radical (unpaired) electrons. The molecule has 0 N–H and O–H groups in total. The van der Waals surface area contributed by atoms with Crippen molar-refractivity contribution in [2.45, 2.75) is 142 Å². The molecule has 6 nitrogen and oxygen atoms in total. The molecule has 304 valence electrons. The first kappa shape index (κ1) is 50.5. The summed E-state index contributed by atoms with van der Waals surface area (Å²) in [5.41, 5.74) is 0. The molecule has 0 aromatic carbocycles. The van der Waals surface area contributed by atoms with E-state index in [4.69, 9.17) is 14.2 Å². The Labute approximate surface area is 334 Å². The van der Waals surface area contributed by atoms with Crippen LogP contribution in [-0.2, 0) is 28.6 Å². The van der Waals surface area contributed by atoms with Crippen LogP contribution in [0.25, 0.3) is 0 Å². The van der Waals surface area contributed by atoms with Crippen molar-refractivity contribution in [1.29, 1.82) is 0 Å². The number of allylic oxidation sites excluding steroid dienone is 21. The van der Waals surface area contributed by atoms with Crippen molar-refractivity contribution in [1.82, 2.24) is 0 Å². The van der Waals surface area contributed by atoms with Crippen LogP contribution in [0.5, 0.6) is 0 Å². The van der Waals surface area contributed by atoms with Crippen LogP contribution in [0.4, 0.5) is 0 Å². The maximum absolute atomic E-state index is 12.6. The third kappa shape index (κ3) is 40.6. The molecule has 1 atom stereocenters. The van der Waals surface area contributed by atoms with Gasteiger partial charge in [0.15, 0.2) is 6.10 Å². The minimum absolute atomic E-state index is 0.108. The zero-order valence-electron chi connectivity index (χ0n) is 34.4. The Hall–Kier alpha value is -4.45. The minimum Gasteiger partial charge on any atom is -0.462 e. The molecule has 0 aliphatic rings. The third-order valence-corrected chi connectivity index (χ3v) is 7.66. The van der Waals surface area contributed by atoms with Gasteiger partial charge in [-0.15, -0.1) is 0 Å². The summed E-state index contributed by atoms with van der Waals surface area (Å²) >= 11 is 0. The molecule has 0 amide bonds. The van der Waals surface area contributed by atoms with Gasteiger partial charge in [0.05, 0.1) is 6.42 Å². The van der Waals surface area contributed by atoms with Crippen LogP contribution < -0.4 is 0 Å². The Bertz CT molecular complexity index is 1280. The van der Waals surface area contributed by atoms with Crippen LogP contribution in [-0.4, -0.2) is 37.2 Å². The second-order valence-electron chi connectivity index (χ2n) is 12.8. The van der Waals surface area contributed by atoms with Gasteiger partial charge < -0.3 is 14.2 Å². The fourth-order valence-corrected chi connectivity index (χ4v) is 4.68. The molecule has 0 aliphatic heterocycles. The normalized spacial score (nSPS) is 13.4. The minimum atomic E-state index is -0.864. The van der Waals surface area contributed by atoms with Crippen molar-refractivity contribution >= 4 is 17.9 Å². The molecule has 0 fully saturated rings. The van der Waals surface area contributed by atoms with E-state index in [1.54, 1.807) is 6.08 Å². The van der Waals surface area contributed by atoms with Gasteiger partial charge in [-0.1, -0.05) is 154 Å². The molecular formula is C49H72O6. The van der Waals surface area contributed by atoms with E-state index < -0.39 is 18.0 Å². The van der Waals surface area contributed by atoms with Gasteiger partial charge in [-0.25, -0.2) is 0 Å². The molecule has 0 heterocycles. The van der Waals surface area contributed by atoms with Crippen molar-refractivity contribution in [3.63, 3.8) is 0 Å². The van der Waals surface area contributed by atoms with Gasteiger partial charge in [0.2, 0.25) is 0 Å². The average Bonchev–Trinajstić information content (AvgIpc) is 3.18. The smallest absolute Gasteiger partial charge is 0.309 e. The molecule has 0 aromatic heterocycles. The van der Waals surface area contributed by atoms with Gasteiger partial charge in [0, 0.05) is 12.8 Å². The summed E-state index contributed by atoms with van der Waals surface area (Å²) in [7, 11) is 0. The van der Waals surface area contributed by atoms with E-state index in [1.807, 2.05) is 6.08 Å². The molecule has 0 rings (SSSR count). The van der Waals surface area contributed by atoms with E-state index in [2.05, 4.69) is 142 Å². The van der Waals surface area contributed by atoms with E-state index in [-0.39, 0.29) is 38.4 Å². The topological polar surface area (TPSA) is 78.9 Å². The highest BCUT2D eigenvalue weighted by Crippen LogP contribution is 2.07. The molecule has 0 saturated carbocycles. The maximum Gasteiger partial charge on any atom is 0.309 e. The van der Waals surface area contributed by atoms with Crippen LogP contribution in [0.2, 0.25) is 0 Å². The van der Waals surface area contributed by atoms with E-state index >= 15 is 0 Å². The predicted octanol–water partition coefficient (Wildman–Crippen LogP) is 13.2. The summed E-state index contributed by atoms with van der Waals surface area (Å²) < 4.78 is 16.4. The fraction of sp³-hybridized carbons (Fsp3) is 0.490. The number of hydrogen-bond acceptors (Lipinski definition) is 6. The van der Waals surface area contributed by atoms with E-state index in [1.165, 1.54) is 0 Å². The van der Waals surface area contributed by atoms with E-state index in [0.717, 1.165) is 83.5 Å². The van der Waals surface area contributed by atoms with Gasteiger partial charge in [-0.3, -0.25) is 14.4 Å². The molecule has 0 bridgehead atoms. The van der Waals surface area contributed by atoms with Crippen molar-refractivity contribution in [2.75, 3.05) is 13.2 Å². The summed E-state index contributed by atoms with van der Waals surface area (Å²) in [5, 5.41) is 0. The monoisotopic (exact) mass is 757 g/mol. The lowest BCUT2D eigenvalue weighted by atomic mass is 10.2. The maximum atomic E-state index is 12.6. The summed E-state index contributed by atoms with van der Waals surface area (Å²) in [6.07, 6.45) is 59.2. The Kier molecular flexibility index (Phi) is 38.9. The van der Waals surface area contributed by atoms with Gasteiger partial charge in [0.25, 0.3) is 0 Å². The number of esters is 3. The number of unbranched alkanes of at least 4 members (excludes halogenated alkanes) is 2. The number of rotatable bonds is 34. The number of ether oxygens (including phenoxy) is 3. The molecule has 1 unspecified atom stereocenters. The highest BCUT2D eigenvalue weighted by molar-refractivity contribution is 5.72. The van der Waals surface area contributed by atoms with Crippen LogP contribution >= 0.6 is 0 Å². The van der Waals surface area contributed by atoms with Crippen molar-refractivity contribution in [3.8, 4) is 0 Å². The molecule has 6 heteroatoms. The largest absolute Gasteiger partial charge is 0.462 e. The van der Waals surface area contributed by atoms with Gasteiger partial charge in [-0.2, -0.15) is 0 Å². The van der Waals surface area contributed by atoms with Crippen LogP contribution in [0.1, 0.15) is 136 Å². The first-order valence-electron chi connectivity index (χ1n) is 20.7. The highest BCUT2D eigenvalue weighted by Gasteiger charge is 2.19. The molecule has 55 heavy (non-hydrogen) atoms. The summed E-state index contributed by atoms with van der Waals surface area (Å²) in [6.45, 7) is 6.03. The van der Waals surface area contributed by atoms with E-state index in [0.29, 0.717) is 12.8 Å². The molecule has 0 aliphatic carbocycles. The lowest BCUT2D eigenvalue weighted by Gasteiger charge is -2.18. The van der Waals surface area contributed by atoms with E-state index in [9.17, 15) is 14.4 Å². The van der Waals surface area contributed by atoms with Gasteiger partial charge in [0.1, 0.15) is 13.2 Å². The average molecular weight is 757 g/mol. The first-order valence-corrected chi connectivity index (χ1v) is 20.7. The Morgan fingerprint density at radius 1 is 0.382 bits per heavy atom. The summed E-state index contributed by atoms with van der Waals surface area (Å²) in [6, 6.07) is 0. The standard InChI is InChI=1S/C49H72O6/c1-4-7-10-13-16-19-21-22-23-24-25-26-28-30-33-36-39-42-48(51)54-45-46(44-53-47(50)41-38-35-32-29-18-15-12-9-6-3)55-49(52)43-40-37-34-31-27-20-17-14-11-8-5-2/h7-12,16-20,22-23,25-26,29-31,33-35,38,46H,4-6,13-15,21,24,27-28,32,36-37,39-45H2,1-3H3/b10-7-,11-8-,12-9-,19-16-,20-17-,23-22-,26-25-,29-18-,33-30-,34-31-,38-35-. The summed E-state index contributed by atoms with van der Waals surface area (Å²) in [5.74, 6) is -1.22. The Balaban J connectivity index is 4.62. The van der Waals surface area contributed by atoms with Crippen molar-refractivity contribution < 1.29 is 28.6 Å². The second-order valence-corrected chi connectivity index (χ2v) is 12.8. The third-order valence-electron chi connectivity index (χ3n) is 7.66. The zero-order chi connectivity index (χ0) is 40.1. The van der Waals surface area contributed by atoms with Crippen LogP contribution in [0, 0.1) is 0 Å².